The molecule has 0 aliphatic heterocycles. The molecule has 0 aliphatic carbocycles. The van der Waals surface area contributed by atoms with E-state index in [1.165, 1.54) is 0 Å². The molecule has 0 saturated carbocycles. The lowest BCUT2D eigenvalue weighted by molar-refractivity contribution is 0.0891. The molecule has 0 rings (SSSR count). The maximum Gasteiger partial charge on any atom is 0.105 e. The van der Waals surface area contributed by atoms with E-state index in [2.05, 4.69) is 0 Å². The van der Waals surface area contributed by atoms with Crippen LogP contribution in [0.15, 0.2) is 0 Å². The minimum atomic E-state index is -1.19. The predicted molar refractivity (Wildman–Crippen MR) is 51.0 cm³/mol. The quantitative estimate of drug-likeness (QED) is 0.413. The molecule has 0 bridgehead atoms. The van der Waals surface area contributed by atoms with E-state index in [0.717, 1.165) is 0 Å². The Morgan fingerprint density at radius 1 is 0.733 bits per heavy atom. The van der Waals surface area contributed by atoms with Crippen LogP contribution in [-0.4, -0.2) is 38.9 Å². The maximum atomic E-state index is 12.7. The van der Waals surface area contributed by atoms with Gasteiger partial charge in [-0.15, -0.1) is 0 Å². The molecule has 0 aromatic rings. The highest BCUT2D eigenvalue weighted by atomic mass is 19.1. The van der Waals surface area contributed by atoms with Crippen LogP contribution in [-0.2, 0) is 4.74 Å². The third kappa shape index (κ3) is 9.97. The summed E-state index contributed by atoms with van der Waals surface area (Å²) in [5.41, 5.74) is 0. The van der Waals surface area contributed by atoms with Gasteiger partial charge in [-0.1, -0.05) is 0 Å². The van der Waals surface area contributed by atoms with Crippen LogP contribution in [0.4, 0.5) is 17.6 Å². The van der Waals surface area contributed by atoms with Crippen LogP contribution in [0.5, 0.6) is 0 Å². The first-order chi connectivity index (χ1) is 7.20. The number of hydrogen-bond donors (Lipinski definition) is 0. The van der Waals surface area contributed by atoms with E-state index in [1.54, 1.807) is 0 Å². The van der Waals surface area contributed by atoms with Crippen LogP contribution in [0.1, 0.15) is 25.7 Å². The second-order valence-corrected chi connectivity index (χ2v) is 3.34. The van der Waals surface area contributed by atoms with Gasteiger partial charge in [-0.3, -0.25) is 8.78 Å². The van der Waals surface area contributed by atoms with E-state index in [-0.39, 0.29) is 38.9 Å². The Hall–Kier alpha value is -0.320. The van der Waals surface area contributed by atoms with Crippen molar-refractivity contribution in [1.29, 1.82) is 0 Å². The zero-order valence-electron chi connectivity index (χ0n) is 8.73. The van der Waals surface area contributed by atoms with Crippen molar-refractivity contribution in [3.63, 3.8) is 0 Å². The van der Waals surface area contributed by atoms with Crippen LogP contribution in [0, 0.1) is 0 Å². The molecule has 0 saturated heterocycles. The van der Waals surface area contributed by atoms with E-state index in [4.69, 9.17) is 4.74 Å². The summed E-state index contributed by atoms with van der Waals surface area (Å²) in [4.78, 5) is 0. The van der Waals surface area contributed by atoms with Crippen molar-refractivity contribution < 1.29 is 22.3 Å². The highest BCUT2D eigenvalue weighted by Crippen LogP contribution is 2.06. The molecular formula is C10H18F4O. The van der Waals surface area contributed by atoms with Gasteiger partial charge in [-0.25, -0.2) is 8.78 Å². The lowest BCUT2D eigenvalue weighted by Crippen LogP contribution is -2.10. The lowest BCUT2D eigenvalue weighted by atomic mass is 10.2. The molecular weight excluding hydrogens is 212 g/mol. The number of alkyl halides is 4. The van der Waals surface area contributed by atoms with Crippen LogP contribution in [0.2, 0.25) is 0 Å². The SMILES string of the molecule is FCCC(F)CCOCCC(F)CCF. The molecule has 0 radical (unpaired) electrons. The first-order valence-corrected chi connectivity index (χ1v) is 5.18. The van der Waals surface area contributed by atoms with Gasteiger partial charge in [0.05, 0.1) is 13.3 Å². The second kappa shape index (κ2) is 10.2. The van der Waals surface area contributed by atoms with Crippen molar-refractivity contribution in [1.82, 2.24) is 0 Å². The van der Waals surface area contributed by atoms with E-state index in [9.17, 15) is 17.6 Å². The normalized spacial score (nSPS) is 15.2. The molecule has 0 spiro atoms. The van der Waals surface area contributed by atoms with Crippen molar-refractivity contribution in [2.45, 2.75) is 38.0 Å². The molecule has 0 amide bonds. The zero-order valence-corrected chi connectivity index (χ0v) is 8.73. The van der Waals surface area contributed by atoms with Crippen molar-refractivity contribution in [2.75, 3.05) is 26.6 Å². The van der Waals surface area contributed by atoms with Crippen LogP contribution < -0.4 is 0 Å². The van der Waals surface area contributed by atoms with Gasteiger partial charge in [0.1, 0.15) is 12.3 Å². The zero-order chi connectivity index (χ0) is 11.5. The monoisotopic (exact) mass is 230 g/mol. The van der Waals surface area contributed by atoms with Crippen LogP contribution in [0.25, 0.3) is 0 Å². The molecule has 0 N–H and O–H groups in total. The Morgan fingerprint density at radius 3 is 1.47 bits per heavy atom. The second-order valence-electron chi connectivity index (χ2n) is 3.34. The van der Waals surface area contributed by atoms with Gasteiger partial charge in [0.2, 0.25) is 0 Å². The van der Waals surface area contributed by atoms with E-state index in [0.29, 0.717) is 0 Å². The average molecular weight is 230 g/mol. The number of ether oxygens (including phenoxy) is 1. The molecule has 0 aliphatic rings. The lowest BCUT2D eigenvalue weighted by Gasteiger charge is -2.08. The van der Waals surface area contributed by atoms with Gasteiger partial charge < -0.3 is 4.74 Å². The third-order valence-electron chi connectivity index (χ3n) is 2.00. The average Bonchev–Trinajstić information content (AvgIpc) is 2.18. The van der Waals surface area contributed by atoms with Crippen molar-refractivity contribution in [3.05, 3.63) is 0 Å². The molecule has 92 valence electrons. The van der Waals surface area contributed by atoms with Crippen molar-refractivity contribution in [3.8, 4) is 0 Å². The molecule has 0 heterocycles. The molecule has 0 aromatic heterocycles. The molecule has 5 heteroatoms. The first kappa shape index (κ1) is 14.7. The summed E-state index contributed by atoms with van der Waals surface area (Å²) in [6, 6.07) is 0. The van der Waals surface area contributed by atoms with Gasteiger partial charge >= 0.3 is 0 Å². The first-order valence-electron chi connectivity index (χ1n) is 5.18. The van der Waals surface area contributed by atoms with E-state index in [1.807, 2.05) is 0 Å². The minimum Gasteiger partial charge on any atom is -0.381 e. The molecule has 1 nitrogen and oxygen atoms in total. The highest BCUT2D eigenvalue weighted by molar-refractivity contribution is 4.56. The Kier molecular flexibility index (Phi) is 9.99. The fourth-order valence-corrected chi connectivity index (χ4v) is 1.05. The minimum absolute atomic E-state index is 0.114. The standard InChI is InChI=1S/C10H18F4O/c11-5-1-9(13)3-7-15-8-4-10(14)2-6-12/h9-10H,1-8H2. The maximum absolute atomic E-state index is 12.7. The Bertz CT molecular complexity index is 121. The van der Waals surface area contributed by atoms with Gasteiger partial charge in [0, 0.05) is 38.9 Å². The number of rotatable bonds is 10. The van der Waals surface area contributed by atoms with Crippen LogP contribution in [0.3, 0.4) is 0 Å². The highest BCUT2D eigenvalue weighted by Gasteiger charge is 2.07. The fourth-order valence-electron chi connectivity index (χ4n) is 1.05. The molecule has 0 aromatic carbocycles. The summed E-state index contributed by atoms with van der Waals surface area (Å²) < 4.78 is 53.6. The number of hydrogen-bond acceptors (Lipinski definition) is 1. The summed E-state index contributed by atoms with van der Waals surface area (Å²) in [6.45, 7) is -1.04. The topological polar surface area (TPSA) is 9.23 Å². The number of halogens is 4. The Morgan fingerprint density at radius 2 is 1.13 bits per heavy atom. The van der Waals surface area contributed by atoms with E-state index < -0.39 is 25.7 Å². The third-order valence-corrected chi connectivity index (χ3v) is 2.00. The molecule has 15 heavy (non-hydrogen) atoms. The van der Waals surface area contributed by atoms with Gasteiger partial charge in [-0.2, -0.15) is 0 Å². The van der Waals surface area contributed by atoms with Gasteiger partial charge in [0.25, 0.3) is 0 Å². The largest absolute Gasteiger partial charge is 0.381 e. The predicted octanol–water partition coefficient (Wildman–Crippen LogP) is 3.18. The van der Waals surface area contributed by atoms with E-state index >= 15 is 0 Å². The van der Waals surface area contributed by atoms with Crippen molar-refractivity contribution >= 4 is 0 Å². The Balaban J connectivity index is 3.17. The summed E-state index contributed by atoms with van der Waals surface area (Å²) in [6.07, 6.45) is -2.36. The fraction of sp³-hybridized carbons (Fsp3) is 1.00. The molecule has 2 atom stereocenters. The summed E-state index contributed by atoms with van der Waals surface area (Å²) in [5, 5.41) is 0. The summed E-state index contributed by atoms with van der Waals surface area (Å²) in [7, 11) is 0. The Labute approximate surface area is 87.8 Å². The molecule has 2 unspecified atom stereocenters. The van der Waals surface area contributed by atoms with Crippen molar-refractivity contribution in [2.24, 2.45) is 0 Å². The smallest absolute Gasteiger partial charge is 0.105 e. The summed E-state index contributed by atoms with van der Waals surface area (Å²) >= 11 is 0. The van der Waals surface area contributed by atoms with Gasteiger partial charge in [0.15, 0.2) is 0 Å². The van der Waals surface area contributed by atoms with Crippen LogP contribution >= 0.6 is 0 Å². The van der Waals surface area contributed by atoms with Gasteiger partial charge in [-0.05, 0) is 0 Å². The summed E-state index contributed by atoms with van der Waals surface area (Å²) in [5.74, 6) is 0. The molecule has 0 fully saturated rings.